The summed E-state index contributed by atoms with van der Waals surface area (Å²) >= 11 is 3.45. The lowest BCUT2D eigenvalue weighted by molar-refractivity contribution is 0.403. The average Bonchev–Trinajstić information content (AvgIpc) is 2.43. The van der Waals surface area contributed by atoms with Crippen LogP contribution >= 0.6 is 15.9 Å². The molecule has 0 bridgehead atoms. The molecule has 4 heteroatoms. The molecule has 1 atom stereocenters. The van der Waals surface area contributed by atoms with Crippen molar-refractivity contribution in [1.82, 2.24) is 5.43 Å². The molecule has 0 fully saturated rings. The van der Waals surface area contributed by atoms with Gasteiger partial charge in [-0.3, -0.25) is 5.84 Å². The van der Waals surface area contributed by atoms with Crippen molar-refractivity contribution in [2.45, 2.75) is 19.9 Å². The molecule has 0 radical (unpaired) electrons. The first kappa shape index (κ1) is 15.0. The van der Waals surface area contributed by atoms with Crippen molar-refractivity contribution < 1.29 is 4.74 Å². The molecule has 3 nitrogen and oxygen atoms in total. The monoisotopic (exact) mass is 334 g/mol. The Kier molecular flexibility index (Phi) is 4.81. The number of nitrogens with two attached hydrogens (primary N) is 1. The number of nitrogens with one attached hydrogen (secondary N) is 1. The Morgan fingerprint density at radius 2 is 1.80 bits per heavy atom. The Morgan fingerprint density at radius 3 is 2.35 bits per heavy atom. The van der Waals surface area contributed by atoms with Gasteiger partial charge in [0.25, 0.3) is 0 Å². The fourth-order valence-electron chi connectivity index (χ4n) is 2.48. The zero-order valence-electron chi connectivity index (χ0n) is 11.9. The Bertz CT molecular complexity index is 596. The van der Waals surface area contributed by atoms with Gasteiger partial charge in [0.2, 0.25) is 0 Å². The zero-order chi connectivity index (χ0) is 14.7. The Morgan fingerprint density at radius 1 is 1.15 bits per heavy atom. The lowest BCUT2D eigenvalue weighted by Crippen LogP contribution is -2.29. The number of benzene rings is 2. The molecule has 0 aromatic heterocycles. The quantitative estimate of drug-likeness (QED) is 0.663. The van der Waals surface area contributed by atoms with E-state index in [9.17, 15) is 0 Å². The minimum Gasteiger partial charge on any atom is -0.496 e. The maximum Gasteiger partial charge on any atom is 0.124 e. The van der Waals surface area contributed by atoms with Crippen LogP contribution in [0.4, 0.5) is 0 Å². The molecule has 0 heterocycles. The highest BCUT2D eigenvalue weighted by molar-refractivity contribution is 9.10. The number of halogens is 1. The largest absolute Gasteiger partial charge is 0.496 e. The first-order valence-corrected chi connectivity index (χ1v) is 7.23. The highest BCUT2D eigenvalue weighted by Crippen LogP contribution is 2.33. The number of hydrogen-bond acceptors (Lipinski definition) is 3. The molecule has 3 N–H and O–H groups in total. The van der Waals surface area contributed by atoms with E-state index in [2.05, 4.69) is 41.3 Å². The normalized spacial score (nSPS) is 12.2. The molecule has 2 aromatic carbocycles. The summed E-state index contributed by atoms with van der Waals surface area (Å²) in [4.78, 5) is 0. The van der Waals surface area contributed by atoms with Gasteiger partial charge in [0.05, 0.1) is 13.2 Å². The van der Waals surface area contributed by atoms with Gasteiger partial charge in [-0.15, -0.1) is 0 Å². The van der Waals surface area contributed by atoms with Crippen LogP contribution in [0.1, 0.15) is 28.3 Å². The maximum absolute atomic E-state index is 5.79. The molecule has 0 aliphatic heterocycles. The van der Waals surface area contributed by atoms with E-state index < -0.39 is 0 Å². The second-order valence-electron chi connectivity index (χ2n) is 4.85. The van der Waals surface area contributed by atoms with Crippen LogP contribution in [0.3, 0.4) is 0 Å². The Labute approximate surface area is 128 Å². The third kappa shape index (κ3) is 3.03. The van der Waals surface area contributed by atoms with Gasteiger partial charge in [0.15, 0.2) is 0 Å². The second-order valence-corrected chi connectivity index (χ2v) is 5.76. The van der Waals surface area contributed by atoms with Gasteiger partial charge in [-0.05, 0) is 48.7 Å². The molecule has 0 amide bonds. The lowest BCUT2D eigenvalue weighted by atomic mass is 9.93. The summed E-state index contributed by atoms with van der Waals surface area (Å²) in [5.41, 5.74) is 7.40. The molecule has 0 aliphatic rings. The average molecular weight is 335 g/mol. The van der Waals surface area contributed by atoms with Crippen molar-refractivity contribution >= 4 is 15.9 Å². The predicted octanol–water partition coefficient (Wildman–Crippen LogP) is 3.63. The van der Waals surface area contributed by atoms with Crippen LogP contribution in [0.25, 0.3) is 0 Å². The van der Waals surface area contributed by atoms with E-state index in [1.54, 1.807) is 7.11 Å². The number of hydrogen-bond donors (Lipinski definition) is 2. The number of ether oxygens (including phenoxy) is 1. The fourth-order valence-corrected chi connectivity index (χ4v) is 2.74. The third-order valence-electron chi connectivity index (χ3n) is 3.37. The molecular weight excluding hydrogens is 316 g/mol. The summed E-state index contributed by atoms with van der Waals surface area (Å²) in [7, 11) is 1.69. The van der Waals surface area contributed by atoms with Gasteiger partial charge in [0, 0.05) is 10.0 Å². The minimum atomic E-state index is -0.0985. The van der Waals surface area contributed by atoms with E-state index in [1.807, 2.05) is 30.3 Å². The molecule has 2 aromatic rings. The minimum absolute atomic E-state index is 0.0985. The molecule has 1 unspecified atom stereocenters. The Hall–Kier alpha value is -1.36. The second kappa shape index (κ2) is 6.39. The molecule has 106 valence electrons. The third-order valence-corrected chi connectivity index (χ3v) is 3.90. The highest BCUT2D eigenvalue weighted by Gasteiger charge is 2.19. The van der Waals surface area contributed by atoms with Gasteiger partial charge in [0.1, 0.15) is 5.75 Å². The topological polar surface area (TPSA) is 47.3 Å². The van der Waals surface area contributed by atoms with Gasteiger partial charge in [-0.2, -0.15) is 0 Å². The van der Waals surface area contributed by atoms with Crippen molar-refractivity contribution in [2.75, 3.05) is 7.11 Å². The maximum atomic E-state index is 5.79. The van der Waals surface area contributed by atoms with E-state index in [1.165, 1.54) is 5.56 Å². The van der Waals surface area contributed by atoms with Gasteiger partial charge in [-0.1, -0.05) is 34.1 Å². The highest BCUT2D eigenvalue weighted by atomic mass is 79.9. The van der Waals surface area contributed by atoms with E-state index in [4.69, 9.17) is 10.6 Å². The Balaban J connectivity index is 2.54. The molecule has 0 saturated heterocycles. The van der Waals surface area contributed by atoms with Crippen LogP contribution < -0.4 is 16.0 Å². The first-order chi connectivity index (χ1) is 9.56. The van der Waals surface area contributed by atoms with Crippen molar-refractivity contribution in [3.8, 4) is 5.75 Å². The van der Waals surface area contributed by atoms with Crippen LogP contribution in [0.2, 0.25) is 0 Å². The summed E-state index contributed by atoms with van der Waals surface area (Å²) in [6.07, 6.45) is 0. The van der Waals surface area contributed by atoms with Gasteiger partial charge >= 0.3 is 0 Å². The smallest absolute Gasteiger partial charge is 0.124 e. The molecule has 0 spiro atoms. The summed E-state index contributed by atoms with van der Waals surface area (Å²) < 4.78 is 6.58. The summed E-state index contributed by atoms with van der Waals surface area (Å²) in [6, 6.07) is 12.2. The molecule has 0 saturated carbocycles. The lowest BCUT2D eigenvalue weighted by Gasteiger charge is -2.22. The van der Waals surface area contributed by atoms with Crippen LogP contribution in [0, 0.1) is 13.8 Å². The van der Waals surface area contributed by atoms with Gasteiger partial charge in [-0.25, -0.2) is 5.43 Å². The van der Waals surface area contributed by atoms with Gasteiger partial charge < -0.3 is 4.74 Å². The van der Waals surface area contributed by atoms with Crippen molar-refractivity contribution in [3.63, 3.8) is 0 Å². The van der Waals surface area contributed by atoms with E-state index in [-0.39, 0.29) is 6.04 Å². The van der Waals surface area contributed by atoms with Crippen molar-refractivity contribution in [3.05, 3.63) is 63.1 Å². The molecule has 0 aliphatic carbocycles. The van der Waals surface area contributed by atoms with Crippen LogP contribution in [0.15, 0.2) is 40.9 Å². The summed E-state index contributed by atoms with van der Waals surface area (Å²) in [5.74, 6) is 6.64. The summed E-state index contributed by atoms with van der Waals surface area (Å²) in [5, 5.41) is 0. The summed E-state index contributed by atoms with van der Waals surface area (Å²) in [6.45, 7) is 4.14. The molecular formula is C16H19BrN2O. The predicted molar refractivity (Wildman–Crippen MR) is 85.8 cm³/mol. The van der Waals surface area contributed by atoms with Crippen LogP contribution in [0.5, 0.6) is 5.75 Å². The number of aryl methyl sites for hydroxylation is 2. The van der Waals surface area contributed by atoms with Crippen LogP contribution in [-0.2, 0) is 0 Å². The number of methoxy groups -OCH3 is 1. The standard InChI is InChI=1S/C16H19BrN2O/c1-10-8-11(2)15(14(9-10)20-3)16(19-18)12-4-6-13(17)7-5-12/h4-9,16,19H,18H2,1-3H3. The molecule has 2 rings (SSSR count). The SMILES string of the molecule is COc1cc(C)cc(C)c1C(NN)c1ccc(Br)cc1. The van der Waals surface area contributed by atoms with Crippen molar-refractivity contribution in [2.24, 2.45) is 5.84 Å². The zero-order valence-corrected chi connectivity index (χ0v) is 13.5. The first-order valence-electron chi connectivity index (χ1n) is 6.43. The van der Waals surface area contributed by atoms with Crippen LogP contribution in [-0.4, -0.2) is 7.11 Å². The van der Waals surface area contributed by atoms with Crippen molar-refractivity contribution in [1.29, 1.82) is 0 Å². The fraction of sp³-hybridized carbons (Fsp3) is 0.250. The molecule has 20 heavy (non-hydrogen) atoms. The number of rotatable bonds is 4. The number of hydrazine groups is 1. The van der Waals surface area contributed by atoms with E-state index in [0.29, 0.717) is 0 Å². The van der Waals surface area contributed by atoms with E-state index >= 15 is 0 Å². The van der Waals surface area contributed by atoms with E-state index in [0.717, 1.165) is 26.9 Å².